The maximum Gasteiger partial charge on any atom is 0.409 e. The van der Waals surface area contributed by atoms with Crippen molar-refractivity contribution in [1.82, 2.24) is 14.9 Å². The normalized spacial score (nSPS) is 15.7. The van der Waals surface area contributed by atoms with Crippen molar-refractivity contribution in [2.45, 2.75) is 25.8 Å². The number of methoxy groups -OCH3 is 1. The number of hydrogen-bond donors (Lipinski definition) is 2. The highest BCUT2D eigenvalue weighted by atomic mass is 16.5. The molecule has 2 heterocycles. The minimum absolute atomic E-state index is 0.0441. The van der Waals surface area contributed by atoms with Gasteiger partial charge in [-0.1, -0.05) is 24.8 Å². The van der Waals surface area contributed by atoms with Crippen LogP contribution in [-0.2, 0) is 16.0 Å². The minimum Gasteiger partial charge on any atom is -0.453 e. The first-order valence-electron chi connectivity index (χ1n) is 9.43. The number of aryl methyl sites for hydroxylation is 1. The first-order valence-corrected chi connectivity index (χ1v) is 9.43. The summed E-state index contributed by atoms with van der Waals surface area (Å²) in [5.74, 6) is 1.09. The average molecular weight is 395 g/mol. The Morgan fingerprint density at radius 3 is 2.93 bits per heavy atom. The van der Waals surface area contributed by atoms with E-state index in [0.29, 0.717) is 24.9 Å². The number of benzene rings is 1. The van der Waals surface area contributed by atoms with Crippen molar-refractivity contribution in [2.75, 3.05) is 30.8 Å². The second kappa shape index (κ2) is 9.18. The zero-order chi connectivity index (χ0) is 20.8. The fraction of sp³-hybridized carbons (Fsp3) is 0.333. The van der Waals surface area contributed by atoms with Gasteiger partial charge in [0, 0.05) is 43.0 Å². The van der Waals surface area contributed by atoms with Crippen LogP contribution in [0.5, 0.6) is 0 Å². The summed E-state index contributed by atoms with van der Waals surface area (Å²) in [4.78, 5) is 34.0. The molecular weight excluding hydrogens is 370 g/mol. The number of ether oxygens (including phenoxy) is 1. The number of carbonyl (C=O) groups is 2. The number of aromatic nitrogens is 2. The summed E-state index contributed by atoms with van der Waals surface area (Å²) in [6.07, 6.45) is 3.80. The molecule has 1 saturated heterocycles. The highest BCUT2D eigenvalue weighted by Gasteiger charge is 2.27. The van der Waals surface area contributed by atoms with E-state index in [1.807, 2.05) is 31.2 Å². The molecule has 1 aliphatic rings. The Kier molecular flexibility index (Phi) is 6.43. The molecule has 1 aromatic carbocycles. The van der Waals surface area contributed by atoms with Crippen LogP contribution in [0.15, 0.2) is 43.1 Å². The van der Waals surface area contributed by atoms with Gasteiger partial charge in [-0.15, -0.1) is 0 Å². The number of carbonyl (C=O) groups excluding carboxylic acids is 2. The Labute approximate surface area is 170 Å². The van der Waals surface area contributed by atoms with Crippen molar-refractivity contribution in [3.05, 3.63) is 54.2 Å². The molecule has 2 aromatic rings. The van der Waals surface area contributed by atoms with E-state index in [2.05, 4.69) is 27.2 Å². The van der Waals surface area contributed by atoms with Gasteiger partial charge in [0.05, 0.1) is 7.11 Å². The van der Waals surface area contributed by atoms with Gasteiger partial charge in [-0.2, -0.15) is 4.98 Å². The van der Waals surface area contributed by atoms with E-state index in [9.17, 15) is 9.59 Å². The molecule has 0 unspecified atom stereocenters. The minimum atomic E-state index is -0.327. The Morgan fingerprint density at radius 2 is 2.17 bits per heavy atom. The van der Waals surface area contributed by atoms with E-state index in [4.69, 9.17) is 4.74 Å². The predicted molar refractivity (Wildman–Crippen MR) is 111 cm³/mol. The number of nitrogens with zero attached hydrogens (tertiary/aromatic N) is 3. The van der Waals surface area contributed by atoms with E-state index in [0.717, 1.165) is 23.2 Å². The Morgan fingerprint density at radius 1 is 1.38 bits per heavy atom. The summed E-state index contributed by atoms with van der Waals surface area (Å²) in [6.45, 7) is 6.62. The van der Waals surface area contributed by atoms with Crippen LogP contribution in [0.3, 0.4) is 0 Å². The highest BCUT2D eigenvalue weighted by molar-refractivity contribution is 5.92. The van der Waals surface area contributed by atoms with Gasteiger partial charge in [0.2, 0.25) is 5.95 Å². The molecule has 1 fully saturated rings. The zero-order valence-electron chi connectivity index (χ0n) is 16.6. The third kappa shape index (κ3) is 5.10. The second-order valence-corrected chi connectivity index (χ2v) is 6.90. The van der Waals surface area contributed by atoms with Crippen molar-refractivity contribution in [1.29, 1.82) is 0 Å². The number of hydrogen-bond acceptors (Lipinski definition) is 7. The van der Waals surface area contributed by atoms with Crippen molar-refractivity contribution in [2.24, 2.45) is 0 Å². The molecule has 152 valence electrons. The summed E-state index contributed by atoms with van der Waals surface area (Å²) in [6, 6.07) is 7.66. The number of nitrogens with one attached hydrogen (secondary N) is 2. The molecule has 1 amide bonds. The Bertz CT molecular complexity index is 915. The summed E-state index contributed by atoms with van der Waals surface area (Å²) in [7, 11) is 1.38. The van der Waals surface area contributed by atoms with Gasteiger partial charge in [-0.05, 0) is 31.1 Å². The maximum atomic E-state index is 11.8. The standard InChI is InChI=1S/C21H25N5O3/c1-4-17(27)11-15-7-5-6-8-18(15)24-19-14(2)12-22-20(25-19)23-16-9-10-26(13-16)21(28)29-3/h4-8,12,16H,1,9-11,13H2,2-3H3,(H2,22,23,24,25)/t16-/m1/s1. The topological polar surface area (TPSA) is 96.5 Å². The lowest BCUT2D eigenvalue weighted by atomic mass is 10.1. The number of amides is 1. The number of ketones is 1. The molecule has 1 atom stereocenters. The van der Waals surface area contributed by atoms with Gasteiger partial charge in [0.25, 0.3) is 0 Å². The quantitative estimate of drug-likeness (QED) is 0.696. The van der Waals surface area contributed by atoms with Crippen LogP contribution < -0.4 is 10.6 Å². The molecule has 2 N–H and O–H groups in total. The van der Waals surface area contributed by atoms with Gasteiger partial charge in [-0.3, -0.25) is 4.79 Å². The maximum absolute atomic E-state index is 11.8. The predicted octanol–water partition coefficient (Wildman–Crippen LogP) is 3.08. The summed E-state index contributed by atoms with van der Waals surface area (Å²) >= 11 is 0. The molecule has 0 bridgehead atoms. The summed E-state index contributed by atoms with van der Waals surface area (Å²) in [5, 5.41) is 6.59. The molecule has 8 heteroatoms. The molecule has 0 aliphatic carbocycles. The summed E-state index contributed by atoms with van der Waals surface area (Å²) in [5.41, 5.74) is 2.56. The van der Waals surface area contributed by atoms with E-state index in [1.54, 1.807) is 11.1 Å². The average Bonchev–Trinajstić information content (AvgIpc) is 3.19. The van der Waals surface area contributed by atoms with E-state index in [-0.39, 0.29) is 24.3 Å². The van der Waals surface area contributed by atoms with Gasteiger partial charge in [0.15, 0.2) is 5.78 Å². The number of rotatable bonds is 7. The molecule has 8 nitrogen and oxygen atoms in total. The van der Waals surface area contributed by atoms with E-state index in [1.165, 1.54) is 13.2 Å². The van der Waals surface area contributed by atoms with Crippen LogP contribution in [0.25, 0.3) is 0 Å². The van der Waals surface area contributed by atoms with Crippen molar-refractivity contribution in [3.8, 4) is 0 Å². The summed E-state index contributed by atoms with van der Waals surface area (Å²) < 4.78 is 4.77. The lowest BCUT2D eigenvalue weighted by molar-refractivity contribution is -0.114. The first-order chi connectivity index (χ1) is 14.0. The molecule has 0 saturated carbocycles. The fourth-order valence-electron chi connectivity index (χ4n) is 3.18. The molecule has 1 aromatic heterocycles. The number of para-hydroxylation sites is 1. The lowest BCUT2D eigenvalue weighted by Crippen LogP contribution is -2.31. The fourth-order valence-corrected chi connectivity index (χ4v) is 3.18. The van der Waals surface area contributed by atoms with Crippen molar-refractivity contribution in [3.63, 3.8) is 0 Å². The largest absolute Gasteiger partial charge is 0.453 e. The van der Waals surface area contributed by atoms with E-state index < -0.39 is 0 Å². The molecule has 1 aliphatic heterocycles. The Balaban J connectivity index is 1.73. The molecule has 0 radical (unpaired) electrons. The third-order valence-electron chi connectivity index (χ3n) is 4.79. The smallest absolute Gasteiger partial charge is 0.409 e. The van der Waals surface area contributed by atoms with Crippen molar-refractivity contribution < 1.29 is 14.3 Å². The highest BCUT2D eigenvalue weighted by Crippen LogP contribution is 2.24. The van der Waals surface area contributed by atoms with Crippen molar-refractivity contribution >= 4 is 29.3 Å². The number of allylic oxidation sites excluding steroid dienone is 1. The van der Waals surface area contributed by atoms with Crippen LogP contribution in [0.2, 0.25) is 0 Å². The second-order valence-electron chi connectivity index (χ2n) is 6.90. The number of likely N-dealkylation sites (tertiary alicyclic amines) is 1. The Hall–Kier alpha value is -3.42. The monoisotopic (exact) mass is 395 g/mol. The van der Waals surface area contributed by atoms with Gasteiger partial charge >= 0.3 is 6.09 Å². The van der Waals surface area contributed by atoms with Crippen LogP contribution in [-0.4, -0.2) is 53.0 Å². The SMILES string of the molecule is C=CC(=O)Cc1ccccc1Nc1nc(N[C@@H]2CCN(C(=O)OC)C2)ncc1C. The molecule has 0 spiro atoms. The molecule has 3 rings (SSSR count). The van der Waals surface area contributed by atoms with E-state index >= 15 is 0 Å². The lowest BCUT2D eigenvalue weighted by Gasteiger charge is -2.17. The van der Waals surface area contributed by atoms with Gasteiger partial charge < -0.3 is 20.3 Å². The number of anilines is 3. The van der Waals surface area contributed by atoms with Crippen LogP contribution in [0, 0.1) is 6.92 Å². The van der Waals surface area contributed by atoms with Gasteiger partial charge in [-0.25, -0.2) is 9.78 Å². The van der Waals surface area contributed by atoms with Crippen LogP contribution >= 0.6 is 0 Å². The van der Waals surface area contributed by atoms with Crippen LogP contribution in [0.1, 0.15) is 17.5 Å². The molecule has 29 heavy (non-hydrogen) atoms. The van der Waals surface area contributed by atoms with Gasteiger partial charge in [0.1, 0.15) is 5.82 Å². The first kappa shape index (κ1) is 20.3. The molecular formula is C21H25N5O3. The van der Waals surface area contributed by atoms with Crippen LogP contribution in [0.4, 0.5) is 22.2 Å². The third-order valence-corrected chi connectivity index (χ3v) is 4.79. The zero-order valence-corrected chi connectivity index (χ0v) is 16.6.